The molecule has 1 saturated heterocycles. The lowest BCUT2D eigenvalue weighted by Crippen LogP contribution is -2.42. The number of benzene rings is 1. The number of amides is 1. The maximum Gasteiger partial charge on any atom is 0.224 e. The Labute approximate surface area is 136 Å². The molecule has 122 valence electrons. The standard InChI is InChI=1S/C18H23N3O2/c1-14(21-10-12-23-13-11-21)7-8-17(22)20-16-6-2-4-15-5-3-9-19-18(15)16/h2-6,9,14H,7-8,10-13H2,1H3,(H,20,22). The van der Waals surface area contributed by atoms with E-state index >= 15 is 0 Å². The number of hydrogen-bond donors (Lipinski definition) is 1. The lowest BCUT2D eigenvalue weighted by atomic mass is 10.1. The fraction of sp³-hybridized carbons (Fsp3) is 0.444. The van der Waals surface area contributed by atoms with Gasteiger partial charge >= 0.3 is 0 Å². The molecule has 1 N–H and O–H groups in total. The van der Waals surface area contributed by atoms with Crippen LogP contribution >= 0.6 is 0 Å². The van der Waals surface area contributed by atoms with Gasteiger partial charge in [0.2, 0.25) is 5.91 Å². The first-order valence-corrected chi connectivity index (χ1v) is 8.19. The van der Waals surface area contributed by atoms with Crippen LogP contribution in [-0.2, 0) is 9.53 Å². The molecule has 2 aromatic rings. The number of morpholine rings is 1. The molecule has 2 heterocycles. The first-order valence-electron chi connectivity index (χ1n) is 8.19. The Hall–Kier alpha value is -1.98. The molecule has 1 aliphatic heterocycles. The second-order valence-corrected chi connectivity index (χ2v) is 5.96. The van der Waals surface area contributed by atoms with E-state index in [-0.39, 0.29) is 5.91 Å². The minimum Gasteiger partial charge on any atom is -0.379 e. The van der Waals surface area contributed by atoms with Crippen molar-refractivity contribution in [2.45, 2.75) is 25.8 Å². The molecule has 1 aromatic heterocycles. The van der Waals surface area contributed by atoms with Crippen LogP contribution in [0.5, 0.6) is 0 Å². The van der Waals surface area contributed by atoms with Crippen LogP contribution in [-0.4, -0.2) is 48.1 Å². The van der Waals surface area contributed by atoms with Crippen LogP contribution in [0.2, 0.25) is 0 Å². The van der Waals surface area contributed by atoms with E-state index in [1.807, 2.05) is 30.3 Å². The highest BCUT2D eigenvalue weighted by molar-refractivity contribution is 6.00. The third kappa shape index (κ3) is 4.06. The Balaban J connectivity index is 1.56. The molecule has 1 aromatic carbocycles. The lowest BCUT2D eigenvalue weighted by molar-refractivity contribution is -0.116. The van der Waals surface area contributed by atoms with Crippen LogP contribution in [0.3, 0.4) is 0 Å². The Morgan fingerprint density at radius 2 is 2.09 bits per heavy atom. The summed E-state index contributed by atoms with van der Waals surface area (Å²) in [5.74, 6) is 0.0447. The molecule has 0 radical (unpaired) electrons. The van der Waals surface area contributed by atoms with Gasteiger partial charge < -0.3 is 10.1 Å². The predicted octanol–water partition coefficient (Wildman–Crippen LogP) is 2.67. The molecule has 0 bridgehead atoms. The van der Waals surface area contributed by atoms with E-state index in [0.29, 0.717) is 12.5 Å². The number of nitrogens with zero attached hydrogens (tertiary/aromatic N) is 2. The van der Waals surface area contributed by atoms with E-state index < -0.39 is 0 Å². The number of fused-ring (bicyclic) bond motifs is 1. The number of nitrogens with one attached hydrogen (secondary N) is 1. The third-order valence-electron chi connectivity index (χ3n) is 4.37. The number of anilines is 1. The summed E-state index contributed by atoms with van der Waals surface area (Å²) in [6.07, 6.45) is 3.12. The second-order valence-electron chi connectivity index (χ2n) is 5.96. The lowest BCUT2D eigenvalue weighted by Gasteiger charge is -2.32. The van der Waals surface area contributed by atoms with E-state index in [1.54, 1.807) is 6.20 Å². The van der Waals surface area contributed by atoms with Gasteiger partial charge in [0.05, 0.1) is 24.4 Å². The van der Waals surface area contributed by atoms with Crippen molar-refractivity contribution in [2.75, 3.05) is 31.6 Å². The average molecular weight is 313 g/mol. The minimum atomic E-state index is 0.0447. The summed E-state index contributed by atoms with van der Waals surface area (Å²) in [6.45, 7) is 5.67. The van der Waals surface area contributed by atoms with Crippen LogP contribution in [0.15, 0.2) is 36.5 Å². The van der Waals surface area contributed by atoms with E-state index in [4.69, 9.17) is 4.74 Å². The maximum atomic E-state index is 12.3. The van der Waals surface area contributed by atoms with Crippen molar-refractivity contribution >= 4 is 22.5 Å². The van der Waals surface area contributed by atoms with Crippen LogP contribution in [0.25, 0.3) is 10.9 Å². The Bertz CT molecular complexity index is 663. The monoisotopic (exact) mass is 313 g/mol. The number of aromatic nitrogens is 1. The summed E-state index contributed by atoms with van der Waals surface area (Å²) in [7, 11) is 0. The number of rotatable bonds is 5. The van der Waals surface area contributed by atoms with E-state index in [9.17, 15) is 4.79 Å². The maximum absolute atomic E-state index is 12.3. The molecule has 3 rings (SSSR count). The van der Waals surface area contributed by atoms with Gasteiger partial charge in [-0.1, -0.05) is 18.2 Å². The summed E-state index contributed by atoms with van der Waals surface area (Å²) in [5.41, 5.74) is 1.62. The molecular formula is C18H23N3O2. The molecule has 0 saturated carbocycles. The normalized spacial score (nSPS) is 17.1. The van der Waals surface area contributed by atoms with Crippen molar-refractivity contribution in [3.63, 3.8) is 0 Å². The molecule has 0 aliphatic carbocycles. The van der Waals surface area contributed by atoms with Gasteiger partial charge in [0.1, 0.15) is 0 Å². The van der Waals surface area contributed by atoms with Crippen LogP contribution in [0.4, 0.5) is 5.69 Å². The fourth-order valence-electron chi connectivity index (χ4n) is 2.96. The van der Waals surface area contributed by atoms with Crippen LogP contribution in [0, 0.1) is 0 Å². The molecule has 1 aliphatic rings. The second kappa shape index (κ2) is 7.53. The number of carbonyl (C=O) groups is 1. The zero-order chi connectivity index (χ0) is 16.1. The average Bonchev–Trinajstić information content (AvgIpc) is 2.61. The highest BCUT2D eigenvalue weighted by atomic mass is 16.5. The van der Waals surface area contributed by atoms with Crippen LogP contribution in [0.1, 0.15) is 19.8 Å². The van der Waals surface area contributed by atoms with Gasteiger partial charge in [-0.05, 0) is 25.5 Å². The van der Waals surface area contributed by atoms with Crippen molar-refractivity contribution in [3.05, 3.63) is 36.5 Å². The Kier molecular flexibility index (Phi) is 5.20. The third-order valence-corrected chi connectivity index (χ3v) is 4.37. The molecule has 1 fully saturated rings. The van der Waals surface area contributed by atoms with Crippen molar-refractivity contribution in [2.24, 2.45) is 0 Å². The van der Waals surface area contributed by atoms with Gasteiger partial charge in [-0.3, -0.25) is 14.7 Å². The zero-order valence-corrected chi connectivity index (χ0v) is 13.5. The number of hydrogen-bond acceptors (Lipinski definition) is 4. The number of carbonyl (C=O) groups excluding carboxylic acids is 1. The van der Waals surface area contributed by atoms with Gasteiger partial charge in [0.25, 0.3) is 0 Å². The van der Waals surface area contributed by atoms with Gasteiger partial charge in [0.15, 0.2) is 0 Å². The minimum absolute atomic E-state index is 0.0447. The molecule has 1 unspecified atom stereocenters. The van der Waals surface area contributed by atoms with Crippen molar-refractivity contribution in [1.82, 2.24) is 9.88 Å². The molecule has 1 amide bonds. The summed E-state index contributed by atoms with van der Waals surface area (Å²) in [4.78, 5) is 19.0. The van der Waals surface area contributed by atoms with E-state index in [2.05, 4.69) is 22.1 Å². The quantitative estimate of drug-likeness (QED) is 0.922. The molecule has 1 atom stereocenters. The van der Waals surface area contributed by atoms with Crippen molar-refractivity contribution in [3.8, 4) is 0 Å². The molecule has 23 heavy (non-hydrogen) atoms. The first kappa shape index (κ1) is 15.9. The Morgan fingerprint density at radius 3 is 2.91 bits per heavy atom. The summed E-state index contributed by atoms with van der Waals surface area (Å²) in [5, 5.41) is 4.03. The number of para-hydroxylation sites is 1. The number of ether oxygens (including phenoxy) is 1. The van der Waals surface area contributed by atoms with Gasteiger partial charge in [-0.2, -0.15) is 0 Å². The smallest absolute Gasteiger partial charge is 0.224 e. The molecule has 5 nitrogen and oxygen atoms in total. The van der Waals surface area contributed by atoms with Gasteiger partial charge in [-0.25, -0.2) is 0 Å². The summed E-state index contributed by atoms with van der Waals surface area (Å²) < 4.78 is 5.37. The predicted molar refractivity (Wildman–Crippen MR) is 91.5 cm³/mol. The largest absolute Gasteiger partial charge is 0.379 e. The van der Waals surface area contributed by atoms with Crippen molar-refractivity contribution in [1.29, 1.82) is 0 Å². The SMILES string of the molecule is CC(CCC(=O)Nc1cccc2cccnc12)N1CCOCC1. The molecule has 0 spiro atoms. The highest BCUT2D eigenvalue weighted by Gasteiger charge is 2.18. The van der Waals surface area contributed by atoms with Gasteiger partial charge in [-0.15, -0.1) is 0 Å². The fourth-order valence-corrected chi connectivity index (χ4v) is 2.96. The molecule has 5 heteroatoms. The Morgan fingerprint density at radius 1 is 1.30 bits per heavy atom. The topological polar surface area (TPSA) is 54.5 Å². The highest BCUT2D eigenvalue weighted by Crippen LogP contribution is 2.21. The van der Waals surface area contributed by atoms with Gasteiger partial charge in [0, 0.05) is 37.1 Å². The van der Waals surface area contributed by atoms with Crippen LogP contribution < -0.4 is 5.32 Å². The first-order chi connectivity index (χ1) is 11.2. The van der Waals surface area contributed by atoms with E-state index in [0.717, 1.165) is 49.3 Å². The van der Waals surface area contributed by atoms with E-state index in [1.165, 1.54) is 0 Å². The number of pyridine rings is 1. The van der Waals surface area contributed by atoms with Crippen molar-refractivity contribution < 1.29 is 9.53 Å². The zero-order valence-electron chi connectivity index (χ0n) is 13.5. The summed E-state index contributed by atoms with van der Waals surface area (Å²) in [6, 6.07) is 10.1. The molecular weight excluding hydrogens is 290 g/mol. The summed E-state index contributed by atoms with van der Waals surface area (Å²) >= 11 is 0.